The Morgan fingerprint density at radius 2 is 1.91 bits per heavy atom. The van der Waals surface area contributed by atoms with Crippen LogP contribution in [0.5, 0.6) is 0 Å². The molecular weight excluding hydrogens is 296 g/mol. The predicted octanol–water partition coefficient (Wildman–Crippen LogP) is 3.73. The van der Waals surface area contributed by atoms with E-state index >= 15 is 0 Å². The lowest BCUT2D eigenvalue weighted by Crippen LogP contribution is -2.33. The Kier molecular flexibility index (Phi) is 5.12. The summed E-state index contributed by atoms with van der Waals surface area (Å²) in [5, 5.41) is 5.95. The lowest BCUT2D eigenvalue weighted by atomic mass is 10.1. The van der Waals surface area contributed by atoms with Crippen molar-refractivity contribution in [2.24, 2.45) is 0 Å². The highest BCUT2D eigenvalue weighted by atomic mass is 32.1. The van der Waals surface area contributed by atoms with Crippen LogP contribution in [0.4, 0.5) is 5.69 Å². The fourth-order valence-electron chi connectivity index (χ4n) is 2.22. The van der Waals surface area contributed by atoms with Crippen LogP contribution in [0.25, 0.3) is 6.08 Å². The maximum atomic E-state index is 11.8. The van der Waals surface area contributed by atoms with E-state index in [-0.39, 0.29) is 11.0 Å². The number of thiocarbonyl (C=S) groups is 1. The van der Waals surface area contributed by atoms with Crippen molar-refractivity contribution in [1.82, 2.24) is 5.32 Å². The first-order chi connectivity index (χ1) is 10.5. The number of benzene rings is 1. The molecule has 0 spiro atoms. The molecule has 0 saturated carbocycles. The van der Waals surface area contributed by atoms with Gasteiger partial charge in [0.2, 0.25) is 5.91 Å². The zero-order valence-corrected chi connectivity index (χ0v) is 13.6. The highest BCUT2D eigenvalue weighted by Gasteiger charge is 2.07. The van der Waals surface area contributed by atoms with E-state index in [0.717, 1.165) is 16.8 Å². The van der Waals surface area contributed by atoms with Gasteiger partial charge in [-0.2, -0.15) is 0 Å². The van der Waals surface area contributed by atoms with E-state index in [0.29, 0.717) is 5.76 Å². The first-order valence-electron chi connectivity index (χ1n) is 6.87. The Hall–Kier alpha value is -2.40. The third kappa shape index (κ3) is 4.30. The molecule has 4 nitrogen and oxygen atoms in total. The average molecular weight is 314 g/mol. The van der Waals surface area contributed by atoms with Crippen LogP contribution in [0.2, 0.25) is 0 Å². The zero-order valence-electron chi connectivity index (χ0n) is 12.8. The number of rotatable bonds is 3. The number of nitrogens with one attached hydrogen (secondary N) is 2. The number of hydrogen-bond donors (Lipinski definition) is 2. The Morgan fingerprint density at radius 1 is 1.23 bits per heavy atom. The summed E-state index contributed by atoms with van der Waals surface area (Å²) >= 11 is 5.18. The number of anilines is 1. The number of amides is 1. The van der Waals surface area contributed by atoms with Crippen LogP contribution < -0.4 is 10.6 Å². The fraction of sp³-hybridized carbons (Fsp3) is 0.176. The SMILES string of the molecule is Cc1cc(C)c(NC(=S)NC(=O)/C=C/c2ccco2)c(C)c1. The van der Waals surface area contributed by atoms with Crippen LogP contribution >= 0.6 is 12.2 Å². The molecule has 114 valence electrons. The Balaban J connectivity index is 1.97. The summed E-state index contributed by atoms with van der Waals surface area (Å²) in [6.07, 6.45) is 4.51. The number of carbonyl (C=O) groups is 1. The van der Waals surface area contributed by atoms with Crippen LogP contribution in [0, 0.1) is 20.8 Å². The van der Waals surface area contributed by atoms with Crippen molar-refractivity contribution in [1.29, 1.82) is 0 Å². The first-order valence-corrected chi connectivity index (χ1v) is 7.28. The van der Waals surface area contributed by atoms with Gasteiger partial charge in [-0.1, -0.05) is 17.7 Å². The van der Waals surface area contributed by atoms with E-state index in [1.54, 1.807) is 24.5 Å². The molecule has 0 aliphatic rings. The molecule has 0 aliphatic heterocycles. The van der Waals surface area contributed by atoms with Crippen LogP contribution in [0.3, 0.4) is 0 Å². The second kappa shape index (κ2) is 7.04. The van der Waals surface area contributed by atoms with Crippen molar-refractivity contribution in [3.63, 3.8) is 0 Å². The monoisotopic (exact) mass is 314 g/mol. The largest absolute Gasteiger partial charge is 0.465 e. The first kappa shape index (κ1) is 16.0. The van der Waals surface area contributed by atoms with Crippen molar-refractivity contribution in [2.75, 3.05) is 5.32 Å². The van der Waals surface area contributed by atoms with Gasteiger partial charge in [0.1, 0.15) is 5.76 Å². The Morgan fingerprint density at radius 3 is 2.50 bits per heavy atom. The number of hydrogen-bond acceptors (Lipinski definition) is 3. The molecule has 1 amide bonds. The van der Waals surface area contributed by atoms with Crippen LogP contribution in [-0.2, 0) is 4.79 Å². The summed E-state index contributed by atoms with van der Waals surface area (Å²) in [6.45, 7) is 6.05. The smallest absolute Gasteiger partial charge is 0.250 e. The van der Waals surface area contributed by atoms with Gasteiger partial charge in [0, 0.05) is 11.8 Å². The summed E-state index contributed by atoms with van der Waals surface area (Å²) in [7, 11) is 0. The van der Waals surface area contributed by atoms with Crippen LogP contribution in [-0.4, -0.2) is 11.0 Å². The quantitative estimate of drug-likeness (QED) is 0.669. The second-order valence-electron chi connectivity index (χ2n) is 5.07. The second-order valence-corrected chi connectivity index (χ2v) is 5.47. The minimum Gasteiger partial charge on any atom is -0.465 e. The molecule has 22 heavy (non-hydrogen) atoms. The number of aryl methyl sites for hydroxylation is 3. The van der Waals surface area contributed by atoms with Crippen molar-refractivity contribution >= 4 is 35.0 Å². The van der Waals surface area contributed by atoms with Crippen molar-refractivity contribution in [3.05, 3.63) is 59.1 Å². The molecule has 5 heteroatoms. The van der Waals surface area contributed by atoms with Gasteiger partial charge in [-0.3, -0.25) is 10.1 Å². The fourth-order valence-corrected chi connectivity index (χ4v) is 2.42. The van der Waals surface area contributed by atoms with Crippen molar-refractivity contribution in [2.45, 2.75) is 20.8 Å². The summed E-state index contributed by atoms with van der Waals surface area (Å²) in [5.74, 6) is 0.301. The summed E-state index contributed by atoms with van der Waals surface area (Å²) in [6, 6.07) is 7.65. The highest BCUT2D eigenvalue weighted by molar-refractivity contribution is 7.80. The van der Waals surface area contributed by atoms with E-state index in [4.69, 9.17) is 16.6 Å². The molecule has 0 radical (unpaired) electrons. The van der Waals surface area contributed by atoms with Gasteiger partial charge in [-0.25, -0.2) is 0 Å². The van der Waals surface area contributed by atoms with Gasteiger partial charge >= 0.3 is 0 Å². The Bertz CT molecular complexity index is 695. The number of furan rings is 1. The molecule has 0 fully saturated rings. The molecule has 0 unspecified atom stereocenters. The molecule has 0 atom stereocenters. The summed E-state index contributed by atoms with van der Waals surface area (Å²) in [4.78, 5) is 11.8. The zero-order chi connectivity index (χ0) is 16.1. The van der Waals surface area contributed by atoms with Gasteiger partial charge in [0.05, 0.1) is 6.26 Å². The van der Waals surface area contributed by atoms with Gasteiger partial charge in [-0.15, -0.1) is 0 Å². The van der Waals surface area contributed by atoms with E-state index in [9.17, 15) is 4.79 Å². The van der Waals surface area contributed by atoms with Crippen molar-refractivity contribution in [3.8, 4) is 0 Å². The molecule has 2 N–H and O–H groups in total. The standard InChI is InChI=1S/C17H18N2O2S/c1-11-9-12(2)16(13(3)10-11)19-17(22)18-15(20)7-6-14-5-4-8-21-14/h4-10H,1-3H3,(H2,18,19,20,22)/b7-6+. The van der Waals surface area contributed by atoms with E-state index < -0.39 is 0 Å². The third-order valence-electron chi connectivity index (χ3n) is 3.09. The molecule has 0 bridgehead atoms. The van der Waals surface area contributed by atoms with Crippen LogP contribution in [0.1, 0.15) is 22.5 Å². The van der Waals surface area contributed by atoms with Crippen LogP contribution in [0.15, 0.2) is 41.0 Å². The topological polar surface area (TPSA) is 54.3 Å². The van der Waals surface area contributed by atoms with Gasteiger partial charge in [0.25, 0.3) is 0 Å². The molecular formula is C17H18N2O2S. The molecule has 1 heterocycles. The third-order valence-corrected chi connectivity index (χ3v) is 3.30. The van der Waals surface area contributed by atoms with E-state index in [1.807, 2.05) is 20.8 Å². The summed E-state index contributed by atoms with van der Waals surface area (Å²) < 4.78 is 5.11. The van der Waals surface area contributed by atoms with E-state index in [1.165, 1.54) is 11.6 Å². The molecule has 1 aromatic heterocycles. The average Bonchev–Trinajstić information content (AvgIpc) is 2.94. The molecule has 2 rings (SSSR count). The van der Waals surface area contributed by atoms with Gasteiger partial charge < -0.3 is 9.73 Å². The minimum atomic E-state index is -0.309. The molecule has 1 aromatic carbocycles. The number of carbonyl (C=O) groups excluding carboxylic acids is 1. The summed E-state index contributed by atoms with van der Waals surface area (Å²) in [5.41, 5.74) is 4.28. The Labute approximate surface area is 135 Å². The van der Waals surface area contributed by atoms with Gasteiger partial charge in [-0.05, 0) is 62.3 Å². The lowest BCUT2D eigenvalue weighted by molar-refractivity contribution is -0.115. The minimum absolute atomic E-state index is 0.268. The molecule has 2 aromatic rings. The van der Waals surface area contributed by atoms with E-state index in [2.05, 4.69) is 22.8 Å². The molecule has 0 aliphatic carbocycles. The highest BCUT2D eigenvalue weighted by Crippen LogP contribution is 2.21. The maximum absolute atomic E-state index is 11.8. The maximum Gasteiger partial charge on any atom is 0.250 e. The van der Waals surface area contributed by atoms with Gasteiger partial charge in [0.15, 0.2) is 5.11 Å². The normalized spacial score (nSPS) is 10.7. The lowest BCUT2D eigenvalue weighted by Gasteiger charge is -2.14. The predicted molar refractivity (Wildman–Crippen MR) is 92.8 cm³/mol. The molecule has 0 saturated heterocycles. The van der Waals surface area contributed by atoms with Crippen molar-refractivity contribution < 1.29 is 9.21 Å².